The van der Waals surface area contributed by atoms with E-state index in [0.717, 1.165) is 45.4 Å². The maximum absolute atomic E-state index is 6.70. The predicted octanol–water partition coefficient (Wildman–Crippen LogP) is 15.5. The van der Waals surface area contributed by atoms with Crippen molar-refractivity contribution in [3.8, 4) is 39.4 Å². The Morgan fingerprint density at radius 3 is 1.74 bits per heavy atom. The second-order valence-corrected chi connectivity index (χ2v) is 16.4. The van der Waals surface area contributed by atoms with Crippen LogP contribution in [0.5, 0.6) is 11.5 Å². The molecule has 1 aliphatic carbocycles. The average Bonchev–Trinajstić information content (AvgIpc) is 3.83. The molecule has 2 aliphatic rings. The number of hydrogen-bond donors (Lipinski definition) is 0. The molecule has 1 aliphatic heterocycles. The molecule has 0 fully saturated rings. The number of nitrogens with zero attached hydrogens (tertiary/aromatic N) is 2. The Bertz CT molecular complexity index is 3500. The molecule has 3 heteroatoms. The van der Waals surface area contributed by atoms with E-state index in [1.807, 2.05) is 0 Å². The summed E-state index contributed by atoms with van der Waals surface area (Å²) in [6.07, 6.45) is 0. The first-order valence-electron chi connectivity index (χ1n) is 21.3. The quantitative estimate of drug-likeness (QED) is 0.173. The third-order valence-corrected chi connectivity index (χ3v) is 13.2. The van der Waals surface area contributed by atoms with E-state index < -0.39 is 5.41 Å². The highest BCUT2D eigenvalue weighted by atomic mass is 16.5. The fraction of sp³-hybridized carbons (Fsp3) is 0.0169. The lowest BCUT2D eigenvalue weighted by Gasteiger charge is -2.39. The van der Waals surface area contributed by atoms with Crippen molar-refractivity contribution in [1.82, 2.24) is 4.57 Å². The molecule has 10 aromatic carbocycles. The SMILES string of the molecule is c1ccc(N(c2ccc(-c3ccc4c(c3)c3ccccc3n4-c3ccccc3)cc2)c2ccc3c(c2)C2(c4ccccc4Oc4ccccc42)c2ccc4ccccc4c2-3)cc1. The first kappa shape index (κ1) is 34.7. The topological polar surface area (TPSA) is 17.4 Å². The summed E-state index contributed by atoms with van der Waals surface area (Å²) in [5, 5.41) is 4.99. The fourth-order valence-corrected chi connectivity index (χ4v) is 10.6. The van der Waals surface area contributed by atoms with Gasteiger partial charge in [-0.2, -0.15) is 0 Å². The van der Waals surface area contributed by atoms with Gasteiger partial charge in [-0.15, -0.1) is 0 Å². The molecule has 290 valence electrons. The number of benzene rings is 10. The second kappa shape index (κ2) is 13.4. The Morgan fingerprint density at radius 2 is 0.968 bits per heavy atom. The lowest BCUT2D eigenvalue weighted by molar-refractivity contribution is 0.436. The number of hydrogen-bond acceptors (Lipinski definition) is 2. The van der Waals surface area contributed by atoms with Crippen LogP contribution in [-0.2, 0) is 5.41 Å². The van der Waals surface area contributed by atoms with Crippen molar-refractivity contribution in [3.63, 3.8) is 0 Å². The van der Waals surface area contributed by atoms with Gasteiger partial charge in [0.05, 0.1) is 16.4 Å². The lowest BCUT2D eigenvalue weighted by atomic mass is 9.66. The highest BCUT2D eigenvalue weighted by molar-refractivity contribution is 6.10. The Hall–Kier alpha value is -8.14. The van der Waals surface area contributed by atoms with Crippen LogP contribution < -0.4 is 9.64 Å². The monoisotopic (exact) mass is 790 g/mol. The molecule has 0 unspecified atom stereocenters. The summed E-state index contributed by atoms with van der Waals surface area (Å²) in [7, 11) is 0. The van der Waals surface area contributed by atoms with Gasteiger partial charge in [0.2, 0.25) is 0 Å². The minimum absolute atomic E-state index is 0.593. The second-order valence-electron chi connectivity index (χ2n) is 16.4. The molecule has 0 saturated carbocycles. The average molecular weight is 791 g/mol. The largest absolute Gasteiger partial charge is 0.457 e. The Labute approximate surface area is 360 Å². The van der Waals surface area contributed by atoms with E-state index in [1.54, 1.807) is 0 Å². The van der Waals surface area contributed by atoms with Crippen molar-refractivity contribution in [1.29, 1.82) is 0 Å². The summed E-state index contributed by atoms with van der Waals surface area (Å²) < 4.78 is 9.07. The van der Waals surface area contributed by atoms with E-state index in [2.05, 4.69) is 240 Å². The number of fused-ring (bicyclic) bond motifs is 14. The number of ether oxygens (including phenoxy) is 1. The molecule has 13 rings (SSSR count). The normalized spacial score (nSPS) is 13.1. The zero-order valence-corrected chi connectivity index (χ0v) is 33.7. The van der Waals surface area contributed by atoms with E-state index in [-0.39, 0.29) is 0 Å². The van der Waals surface area contributed by atoms with Gasteiger partial charge >= 0.3 is 0 Å². The zero-order chi connectivity index (χ0) is 40.8. The molecule has 62 heavy (non-hydrogen) atoms. The van der Waals surface area contributed by atoms with Crippen LogP contribution >= 0.6 is 0 Å². The smallest absolute Gasteiger partial charge is 0.132 e. The van der Waals surface area contributed by atoms with Gasteiger partial charge in [0.25, 0.3) is 0 Å². The molecule has 0 amide bonds. The number of rotatable bonds is 5. The van der Waals surface area contributed by atoms with Crippen LogP contribution in [0.25, 0.3) is 60.5 Å². The van der Waals surface area contributed by atoms with E-state index in [4.69, 9.17) is 4.74 Å². The van der Waals surface area contributed by atoms with Gasteiger partial charge < -0.3 is 14.2 Å². The maximum atomic E-state index is 6.70. The van der Waals surface area contributed by atoms with Crippen molar-refractivity contribution >= 4 is 49.6 Å². The van der Waals surface area contributed by atoms with Crippen molar-refractivity contribution in [3.05, 3.63) is 253 Å². The fourth-order valence-electron chi connectivity index (χ4n) is 10.6. The molecule has 1 spiro atoms. The van der Waals surface area contributed by atoms with Crippen molar-refractivity contribution in [2.24, 2.45) is 0 Å². The van der Waals surface area contributed by atoms with E-state index in [9.17, 15) is 0 Å². The molecule has 3 nitrogen and oxygen atoms in total. The zero-order valence-electron chi connectivity index (χ0n) is 33.7. The Balaban J connectivity index is 0.987. The number of aromatic nitrogens is 1. The van der Waals surface area contributed by atoms with Crippen molar-refractivity contribution < 1.29 is 4.74 Å². The van der Waals surface area contributed by atoms with Gasteiger partial charge in [-0.3, -0.25) is 0 Å². The van der Waals surface area contributed by atoms with Gasteiger partial charge in [-0.1, -0.05) is 152 Å². The van der Waals surface area contributed by atoms with Crippen LogP contribution in [0, 0.1) is 0 Å². The summed E-state index contributed by atoms with van der Waals surface area (Å²) in [5.41, 5.74) is 16.0. The first-order chi connectivity index (χ1) is 30.8. The summed E-state index contributed by atoms with van der Waals surface area (Å²) in [4.78, 5) is 2.40. The molecule has 0 saturated heterocycles. The van der Waals surface area contributed by atoms with Crippen LogP contribution in [0.1, 0.15) is 22.3 Å². The minimum Gasteiger partial charge on any atom is -0.457 e. The van der Waals surface area contributed by atoms with Crippen LogP contribution in [0.3, 0.4) is 0 Å². The van der Waals surface area contributed by atoms with Gasteiger partial charge in [0, 0.05) is 44.6 Å². The molecular formula is C59H38N2O. The maximum Gasteiger partial charge on any atom is 0.132 e. The highest BCUT2D eigenvalue weighted by Crippen LogP contribution is 2.63. The number of anilines is 3. The standard InChI is InChI=1S/C59H38N2O/c1-3-16-42(17-4-1)60(44-31-27-39(28-32-44)41-30-36-55-49(37-41)47-21-9-12-24-54(47)61(55)43-18-5-2-6-19-43)45-33-34-48-53(38-45)59(52-35-29-40-15-7-8-20-46(40)58(48)52)50-22-10-13-25-56(50)62-57-26-14-11-23-51(57)59/h1-38H. The van der Waals surface area contributed by atoms with Crippen LogP contribution in [0.2, 0.25) is 0 Å². The molecule has 0 bridgehead atoms. The first-order valence-corrected chi connectivity index (χ1v) is 21.3. The molecule has 11 aromatic rings. The molecule has 2 heterocycles. The molecule has 0 radical (unpaired) electrons. The summed E-state index contributed by atoms with van der Waals surface area (Å²) in [5.74, 6) is 1.78. The van der Waals surface area contributed by atoms with E-state index >= 15 is 0 Å². The highest BCUT2D eigenvalue weighted by Gasteiger charge is 2.51. The van der Waals surface area contributed by atoms with E-state index in [0.29, 0.717) is 0 Å². The third-order valence-electron chi connectivity index (χ3n) is 13.2. The van der Waals surface area contributed by atoms with Crippen molar-refractivity contribution in [2.45, 2.75) is 5.41 Å². The van der Waals surface area contributed by atoms with Gasteiger partial charge in [-0.05, 0) is 123 Å². The van der Waals surface area contributed by atoms with Crippen molar-refractivity contribution in [2.75, 3.05) is 4.90 Å². The van der Waals surface area contributed by atoms with Gasteiger partial charge in [0.15, 0.2) is 0 Å². The van der Waals surface area contributed by atoms with Crippen LogP contribution in [0.15, 0.2) is 231 Å². The van der Waals surface area contributed by atoms with Crippen LogP contribution in [-0.4, -0.2) is 4.57 Å². The summed E-state index contributed by atoms with van der Waals surface area (Å²) in [6.45, 7) is 0. The molecule has 1 aromatic heterocycles. The lowest BCUT2D eigenvalue weighted by Crippen LogP contribution is -2.32. The predicted molar refractivity (Wildman–Crippen MR) is 256 cm³/mol. The third kappa shape index (κ3) is 4.94. The van der Waals surface area contributed by atoms with Crippen LogP contribution in [0.4, 0.5) is 17.1 Å². The Morgan fingerprint density at radius 1 is 0.371 bits per heavy atom. The Kier molecular flexibility index (Phi) is 7.52. The van der Waals surface area contributed by atoms with Gasteiger partial charge in [0.1, 0.15) is 11.5 Å². The molecular weight excluding hydrogens is 753 g/mol. The summed E-state index contributed by atoms with van der Waals surface area (Å²) in [6, 6.07) is 83.8. The molecule has 0 N–H and O–H groups in total. The summed E-state index contributed by atoms with van der Waals surface area (Å²) >= 11 is 0. The minimum atomic E-state index is -0.593. The van der Waals surface area contributed by atoms with Gasteiger partial charge in [-0.25, -0.2) is 0 Å². The van der Waals surface area contributed by atoms with E-state index in [1.165, 1.54) is 66.0 Å². The number of para-hydroxylation sites is 5. The molecule has 0 atom stereocenters.